The molecule has 0 spiro atoms. The summed E-state index contributed by atoms with van der Waals surface area (Å²) in [4.78, 5) is 16.3. The maximum absolute atomic E-state index is 11.8. The van der Waals surface area contributed by atoms with Crippen molar-refractivity contribution in [1.29, 1.82) is 0 Å². The number of Topliss-reactive ketones (excluding diaryl/α,β-unsaturated/α-hetero) is 1. The molecule has 10 heteroatoms. The van der Waals surface area contributed by atoms with Crippen molar-refractivity contribution >= 4 is 45.7 Å². The van der Waals surface area contributed by atoms with Crippen molar-refractivity contribution < 1.29 is 31.4 Å². The second-order valence-electron chi connectivity index (χ2n) is 6.44. The van der Waals surface area contributed by atoms with Gasteiger partial charge in [0.25, 0.3) is 0 Å². The number of hydrogen-bond acceptors (Lipinski definition) is 8. The standard InChI is InChI=1S/C18H37NO7S.Na.H/c1-3-5-6-7-8-9-10-11-12-13-17(20)16-18(19)23-14-15-24-26-27(21,22)25-4-2;;/h18H,3-16,19H2,1-2H3;;. The number of nitrogens with two attached hydrogens (primary N) is 1. The minimum atomic E-state index is -4.14. The third-order valence-electron chi connectivity index (χ3n) is 3.88. The predicted octanol–water partition coefficient (Wildman–Crippen LogP) is 2.75. The van der Waals surface area contributed by atoms with E-state index in [4.69, 9.17) is 10.5 Å². The van der Waals surface area contributed by atoms with E-state index in [1.54, 1.807) is 0 Å². The minimum absolute atomic E-state index is 0. The Morgan fingerprint density at radius 3 is 2.07 bits per heavy atom. The van der Waals surface area contributed by atoms with Gasteiger partial charge in [-0.15, -0.1) is 0 Å². The molecule has 0 rings (SSSR count). The summed E-state index contributed by atoms with van der Waals surface area (Å²) in [5, 5.41) is 0. The summed E-state index contributed by atoms with van der Waals surface area (Å²) >= 11 is 0. The average Bonchev–Trinajstić information content (AvgIpc) is 2.59. The Hall–Kier alpha value is 0.420. The summed E-state index contributed by atoms with van der Waals surface area (Å²) in [7, 11) is -4.14. The van der Waals surface area contributed by atoms with Crippen molar-refractivity contribution in [3.05, 3.63) is 0 Å². The molecule has 0 radical (unpaired) electrons. The first-order chi connectivity index (χ1) is 12.9. The zero-order valence-electron chi connectivity index (χ0n) is 16.8. The van der Waals surface area contributed by atoms with Crippen molar-refractivity contribution in [2.45, 2.75) is 90.7 Å². The fraction of sp³-hybridized carbons (Fsp3) is 0.944. The molecule has 28 heavy (non-hydrogen) atoms. The van der Waals surface area contributed by atoms with Crippen LogP contribution in [-0.2, 0) is 33.3 Å². The van der Waals surface area contributed by atoms with Crippen molar-refractivity contribution in [3.8, 4) is 0 Å². The van der Waals surface area contributed by atoms with E-state index in [2.05, 4.69) is 20.3 Å². The van der Waals surface area contributed by atoms with Gasteiger partial charge in [-0.3, -0.25) is 4.79 Å². The zero-order chi connectivity index (χ0) is 20.4. The molecule has 164 valence electrons. The summed E-state index contributed by atoms with van der Waals surface area (Å²) in [6.07, 6.45) is 10.8. The van der Waals surface area contributed by atoms with Crippen LogP contribution in [0.1, 0.15) is 84.5 Å². The quantitative estimate of drug-likeness (QED) is 0.102. The monoisotopic (exact) mass is 435 g/mol. The van der Waals surface area contributed by atoms with Crippen LogP contribution in [0.3, 0.4) is 0 Å². The van der Waals surface area contributed by atoms with E-state index < -0.39 is 16.6 Å². The van der Waals surface area contributed by atoms with E-state index >= 15 is 0 Å². The molecule has 0 aromatic heterocycles. The molecule has 0 heterocycles. The fourth-order valence-electron chi connectivity index (χ4n) is 2.51. The molecule has 0 fully saturated rings. The topological polar surface area (TPSA) is 114 Å². The molecule has 0 aliphatic rings. The molecule has 0 amide bonds. The van der Waals surface area contributed by atoms with Crippen molar-refractivity contribution in [3.63, 3.8) is 0 Å². The van der Waals surface area contributed by atoms with Crippen molar-refractivity contribution in [2.24, 2.45) is 5.73 Å². The Balaban J connectivity index is 0. The van der Waals surface area contributed by atoms with Gasteiger partial charge in [0.1, 0.15) is 18.6 Å². The molecule has 1 atom stereocenters. The molecule has 0 aliphatic carbocycles. The van der Waals surface area contributed by atoms with Gasteiger partial charge < -0.3 is 10.5 Å². The Bertz CT molecular complexity index is 463. The van der Waals surface area contributed by atoms with Crippen LogP contribution in [0.4, 0.5) is 0 Å². The number of rotatable bonds is 20. The van der Waals surface area contributed by atoms with Crippen LogP contribution in [0.5, 0.6) is 0 Å². The summed E-state index contributed by atoms with van der Waals surface area (Å²) in [5.41, 5.74) is 5.72. The van der Waals surface area contributed by atoms with Gasteiger partial charge in [0.2, 0.25) is 0 Å². The van der Waals surface area contributed by atoms with Crippen LogP contribution in [-0.4, -0.2) is 69.8 Å². The number of carbonyl (C=O) groups excluding carboxylic acids is 1. The Morgan fingerprint density at radius 2 is 1.50 bits per heavy atom. The van der Waals surface area contributed by atoms with E-state index in [0.29, 0.717) is 6.42 Å². The molecular weight excluding hydrogens is 397 g/mol. The Kier molecular flexibility index (Phi) is 22.6. The molecule has 0 aliphatic heterocycles. The summed E-state index contributed by atoms with van der Waals surface area (Å²) < 4.78 is 35.6. The number of carbonyl (C=O) groups is 1. The summed E-state index contributed by atoms with van der Waals surface area (Å²) in [6, 6.07) is 0. The Morgan fingerprint density at radius 1 is 0.929 bits per heavy atom. The van der Waals surface area contributed by atoms with Gasteiger partial charge in [-0.1, -0.05) is 62.6 Å². The number of hydrogen-bond donors (Lipinski definition) is 1. The van der Waals surface area contributed by atoms with E-state index in [-0.39, 0.29) is 61.6 Å². The van der Waals surface area contributed by atoms with E-state index in [0.717, 1.165) is 12.8 Å². The predicted molar refractivity (Wildman–Crippen MR) is 110 cm³/mol. The maximum atomic E-state index is 11.8. The van der Waals surface area contributed by atoms with Crippen molar-refractivity contribution in [1.82, 2.24) is 0 Å². The SMILES string of the molecule is CCCCCCCCCCCC(=O)CC(N)OCCOOS(=O)(=O)OCC.[NaH]. The first-order valence-corrected chi connectivity index (χ1v) is 11.3. The van der Waals surface area contributed by atoms with Crippen LogP contribution in [0.2, 0.25) is 0 Å². The van der Waals surface area contributed by atoms with Crippen LogP contribution in [0.15, 0.2) is 0 Å². The molecule has 0 saturated carbocycles. The van der Waals surface area contributed by atoms with Gasteiger partial charge in [-0.2, -0.15) is 8.42 Å². The first-order valence-electron chi connectivity index (χ1n) is 10.0. The van der Waals surface area contributed by atoms with Gasteiger partial charge in [0.15, 0.2) is 0 Å². The fourth-order valence-corrected chi connectivity index (χ4v) is 3.02. The zero-order valence-corrected chi connectivity index (χ0v) is 17.6. The second kappa shape index (κ2) is 20.7. The summed E-state index contributed by atoms with van der Waals surface area (Å²) in [5.74, 6) is 0.0709. The van der Waals surface area contributed by atoms with Crippen LogP contribution in [0, 0.1) is 0 Å². The van der Waals surface area contributed by atoms with Crippen molar-refractivity contribution in [2.75, 3.05) is 19.8 Å². The average molecular weight is 436 g/mol. The second-order valence-corrected chi connectivity index (χ2v) is 7.62. The molecule has 2 N–H and O–H groups in total. The summed E-state index contributed by atoms with van der Waals surface area (Å²) in [6.45, 7) is 3.54. The number of unbranched alkanes of at least 4 members (excludes halogenated alkanes) is 8. The van der Waals surface area contributed by atoms with Gasteiger partial charge in [-0.25, -0.2) is 9.07 Å². The van der Waals surface area contributed by atoms with Crippen LogP contribution < -0.4 is 5.73 Å². The Labute approximate surface area is 192 Å². The van der Waals surface area contributed by atoms with Crippen LogP contribution in [0.25, 0.3) is 0 Å². The van der Waals surface area contributed by atoms with E-state index in [9.17, 15) is 13.2 Å². The first kappa shape index (κ1) is 30.6. The van der Waals surface area contributed by atoms with E-state index in [1.807, 2.05) is 0 Å². The van der Waals surface area contributed by atoms with Gasteiger partial charge in [0, 0.05) is 12.8 Å². The molecule has 0 bridgehead atoms. The van der Waals surface area contributed by atoms with Gasteiger partial charge >= 0.3 is 40.0 Å². The van der Waals surface area contributed by atoms with Gasteiger partial charge in [-0.05, 0) is 13.3 Å². The van der Waals surface area contributed by atoms with E-state index in [1.165, 1.54) is 51.9 Å². The third-order valence-corrected chi connectivity index (χ3v) is 4.67. The third kappa shape index (κ3) is 21.1. The van der Waals surface area contributed by atoms with Gasteiger partial charge in [0.05, 0.1) is 13.2 Å². The molecule has 8 nitrogen and oxygen atoms in total. The molecule has 0 aromatic rings. The molecule has 0 aromatic carbocycles. The molecule has 0 saturated heterocycles. The molecular formula is C18H38NNaO7S. The molecule has 1 unspecified atom stereocenters. The number of ether oxygens (including phenoxy) is 1. The normalized spacial score (nSPS) is 12.5. The number of ketones is 1. The van der Waals surface area contributed by atoms with Crippen LogP contribution >= 0.6 is 0 Å².